The van der Waals surface area contributed by atoms with E-state index in [2.05, 4.69) is 15.9 Å². The molecule has 1 aromatic carbocycles. The van der Waals surface area contributed by atoms with Gasteiger partial charge in [-0.25, -0.2) is 0 Å². The number of ether oxygens (including phenoxy) is 1. The molecule has 1 amide bonds. The molecule has 2 aromatic rings. The number of halogens is 1. The van der Waals surface area contributed by atoms with Gasteiger partial charge in [-0.1, -0.05) is 12.1 Å². The molecule has 98 valence electrons. The standard InChI is InChI=1S/C14H12BrNO2S/c15-13-8-10(9-19-13)14(17)16-6-3-7-18-12-5-2-1-4-11(12)16/h1-2,4-5,8-9H,3,6-7H2. The minimum Gasteiger partial charge on any atom is -0.491 e. The van der Waals surface area contributed by atoms with Crippen LogP contribution in [0.15, 0.2) is 39.5 Å². The van der Waals surface area contributed by atoms with Crippen LogP contribution in [0.4, 0.5) is 5.69 Å². The van der Waals surface area contributed by atoms with Gasteiger partial charge in [-0.05, 0) is 40.5 Å². The van der Waals surface area contributed by atoms with Crippen molar-refractivity contribution in [2.24, 2.45) is 0 Å². The number of benzene rings is 1. The molecule has 0 saturated carbocycles. The second-order valence-corrected chi connectivity index (χ2v) is 6.56. The van der Waals surface area contributed by atoms with Crippen LogP contribution in [-0.4, -0.2) is 19.1 Å². The first-order valence-corrected chi connectivity index (χ1v) is 7.71. The van der Waals surface area contributed by atoms with E-state index < -0.39 is 0 Å². The molecule has 2 heterocycles. The Balaban J connectivity index is 1.98. The van der Waals surface area contributed by atoms with Gasteiger partial charge in [0.05, 0.1) is 21.6 Å². The lowest BCUT2D eigenvalue weighted by atomic mass is 10.2. The van der Waals surface area contributed by atoms with E-state index in [9.17, 15) is 4.79 Å². The lowest BCUT2D eigenvalue weighted by Crippen LogP contribution is -2.31. The van der Waals surface area contributed by atoms with Gasteiger partial charge in [-0.2, -0.15) is 0 Å². The summed E-state index contributed by atoms with van der Waals surface area (Å²) in [7, 11) is 0. The topological polar surface area (TPSA) is 29.5 Å². The average Bonchev–Trinajstić information content (AvgIpc) is 2.74. The van der Waals surface area contributed by atoms with E-state index in [4.69, 9.17) is 4.74 Å². The zero-order valence-electron chi connectivity index (χ0n) is 10.1. The molecule has 0 fully saturated rings. The normalized spacial score (nSPS) is 14.5. The van der Waals surface area contributed by atoms with Gasteiger partial charge in [0.2, 0.25) is 0 Å². The Morgan fingerprint density at radius 1 is 1.37 bits per heavy atom. The number of carbonyl (C=O) groups excluding carboxylic acids is 1. The number of rotatable bonds is 1. The third-order valence-corrected chi connectivity index (χ3v) is 4.50. The Morgan fingerprint density at radius 3 is 3.00 bits per heavy atom. The molecule has 1 aliphatic heterocycles. The number of thiophene rings is 1. The molecule has 0 spiro atoms. The summed E-state index contributed by atoms with van der Waals surface area (Å²) in [6.07, 6.45) is 0.839. The van der Waals surface area contributed by atoms with E-state index in [1.165, 1.54) is 11.3 Å². The predicted octanol–water partition coefficient (Wildman–Crippen LogP) is 3.94. The zero-order chi connectivity index (χ0) is 13.2. The maximum Gasteiger partial charge on any atom is 0.259 e. The van der Waals surface area contributed by atoms with Crippen LogP contribution < -0.4 is 9.64 Å². The van der Waals surface area contributed by atoms with Crippen LogP contribution in [-0.2, 0) is 0 Å². The van der Waals surface area contributed by atoms with Crippen molar-refractivity contribution in [3.05, 3.63) is 45.1 Å². The first-order valence-electron chi connectivity index (χ1n) is 6.03. The fourth-order valence-electron chi connectivity index (χ4n) is 2.12. The highest BCUT2D eigenvalue weighted by Crippen LogP contribution is 2.32. The van der Waals surface area contributed by atoms with Gasteiger partial charge in [-0.15, -0.1) is 11.3 Å². The number of amides is 1. The molecule has 0 radical (unpaired) electrons. The van der Waals surface area contributed by atoms with Gasteiger partial charge >= 0.3 is 0 Å². The van der Waals surface area contributed by atoms with Gasteiger partial charge < -0.3 is 9.64 Å². The van der Waals surface area contributed by atoms with Crippen LogP contribution in [0.25, 0.3) is 0 Å². The summed E-state index contributed by atoms with van der Waals surface area (Å²) in [5, 5.41) is 1.88. The quantitative estimate of drug-likeness (QED) is 0.788. The van der Waals surface area contributed by atoms with Crippen molar-refractivity contribution in [1.82, 2.24) is 0 Å². The lowest BCUT2D eigenvalue weighted by Gasteiger charge is -2.21. The van der Waals surface area contributed by atoms with E-state index in [0.717, 1.165) is 21.6 Å². The monoisotopic (exact) mass is 337 g/mol. The van der Waals surface area contributed by atoms with Gasteiger partial charge in [0, 0.05) is 11.9 Å². The van der Waals surface area contributed by atoms with Crippen LogP contribution >= 0.6 is 27.3 Å². The minimum atomic E-state index is 0.0277. The highest BCUT2D eigenvalue weighted by Gasteiger charge is 2.23. The van der Waals surface area contributed by atoms with Crippen molar-refractivity contribution in [3.8, 4) is 5.75 Å². The van der Waals surface area contributed by atoms with E-state index in [-0.39, 0.29) is 5.91 Å². The van der Waals surface area contributed by atoms with Crippen LogP contribution in [0.1, 0.15) is 16.8 Å². The van der Waals surface area contributed by atoms with Gasteiger partial charge in [0.1, 0.15) is 5.75 Å². The summed E-state index contributed by atoms with van der Waals surface area (Å²) in [5.41, 5.74) is 1.57. The summed E-state index contributed by atoms with van der Waals surface area (Å²) in [5.74, 6) is 0.808. The van der Waals surface area contributed by atoms with Crippen molar-refractivity contribution in [2.45, 2.75) is 6.42 Å². The second kappa shape index (κ2) is 5.35. The van der Waals surface area contributed by atoms with Crippen LogP contribution in [0.2, 0.25) is 0 Å². The van der Waals surface area contributed by atoms with Gasteiger partial charge in [0.15, 0.2) is 0 Å². The van der Waals surface area contributed by atoms with Crippen molar-refractivity contribution in [1.29, 1.82) is 0 Å². The van der Waals surface area contributed by atoms with E-state index in [0.29, 0.717) is 18.7 Å². The number of hydrogen-bond donors (Lipinski definition) is 0. The number of fused-ring (bicyclic) bond motifs is 1. The number of hydrogen-bond acceptors (Lipinski definition) is 3. The molecule has 19 heavy (non-hydrogen) atoms. The summed E-state index contributed by atoms with van der Waals surface area (Å²) >= 11 is 4.92. The highest BCUT2D eigenvalue weighted by molar-refractivity contribution is 9.11. The SMILES string of the molecule is O=C(c1csc(Br)c1)N1CCCOc2ccccc21. The molecule has 0 N–H and O–H groups in total. The molecule has 5 heteroatoms. The maximum atomic E-state index is 12.6. The average molecular weight is 338 g/mol. The Bertz CT molecular complexity index is 611. The Morgan fingerprint density at radius 2 is 2.21 bits per heavy atom. The predicted molar refractivity (Wildman–Crippen MR) is 80.2 cm³/mol. The third kappa shape index (κ3) is 2.53. The molecule has 1 aliphatic rings. The number of carbonyl (C=O) groups is 1. The van der Waals surface area contributed by atoms with Crippen LogP contribution in [0.5, 0.6) is 5.75 Å². The van der Waals surface area contributed by atoms with Gasteiger partial charge in [-0.3, -0.25) is 4.79 Å². The summed E-state index contributed by atoms with van der Waals surface area (Å²) in [6, 6.07) is 9.55. The molecule has 3 nitrogen and oxygen atoms in total. The Kier molecular flexibility index (Phi) is 3.57. The molecule has 1 aromatic heterocycles. The first-order chi connectivity index (χ1) is 9.25. The number of para-hydroxylation sites is 2. The number of nitrogens with zero attached hydrogens (tertiary/aromatic N) is 1. The van der Waals surface area contributed by atoms with Crippen molar-refractivity contribution >= 4 is 38.9 Å². The van der Waals surface area contributed by atoms with Crippen molar-refractivity contribution in [3.63, 3.8) is 0 Å². The fourth-order valence-corrected chi connectivity index (χ4v) is 3.25. The summed E-state index contributed by atoms with van der Waals surface area (Å²) in [6.45, 7) is 1.33. The highest BCUT2D eigenvalue weighted by atomic mass is 79.9. The maximum absolute atomic E-state index is 12.6. The molecule has 0 saturated heterocycles. The molecular formula is C14H12BrNO2S. The van der Waals surface area contributed by atoms with Crippen LogP contribution in [0.3, 0.4) is 0 Å². The molecule has 3 rings (SSSR count). The Hall–Kier alpha value is -1.33. The second-order valence-electron chi connectivity index (χ2n) is 4.27. The Labute approximate surface area is 123 Å². The number of anilines is 1. The van der Waals surface area contributed by atoms with Crippen LogP contribution in [0, 0.1) is 0 Å². The lowest BCUT2D eigenvalue weighted by molar-refractivity contribution is 0.0987. The molecule has 0 unspecified atom stereocenters. The fraction of sp³-hybridized carbons (Fsp3) is 0.214. The van der Waals surface area contributed by atoms with E-state index >= 15 is 0 Å². The smallest absolute Gasteiger partial charge is 0.259 e. The van der Waals surface area contributed by atoms with E-state index in [1.807, 2.05) is 35.7 Å². The molecule has 0 atom stereocenters. The zero-order valence-corrected chi connectivity index (χ0v) is 12.5. The van der Waals surface area contributed by atoms with Crippen molar-refractivity contribution < 1.29 is 9.53 Å². The van der Waals surface area contributed by atoms with E-state index in [1.54, 1.807) is 4.90 Å². The third-order valence-electron chi connectivity index (χ3n) is 3.00. The van der Waals surface area contributed by atoms with Gasteiger partial charge in [0.25, 0.3) is 5.91 Å². The first kappa shape index (κ1) is 12.7. The summed E-state index contributed by atoms with van der Waals surface area (Å²) in [4.78, 5) is 14.4. The molecule has 0 aliphatic carbocycles. The largest absolute Gasteiger partial charge is 0.491 e. The molecule has 0 bridgehead atoms. The summed E-state index contributed by atoms with van der Waals surface area (Å²) < 4.78 is 6.64. The minimum absolute atomic E-state index is 0.0277. The molecular weight excluding hydrogens is 326 g/mol. The van der Waals surface area contributed by atoms with Crippen molar-refractivity contribution in [2.75, 3.05) is 18.1 Å².